The molecule has 4 fully saturated rings. The van der Waals surface area contributed by atoms with Crippen LogP contribution in [0.5, 0.6) is 0 Å². The summed E-state index contributed by atoms with van der Waals surface area (Å²) >= 11 is 0. The highest BCUT2D eigenvalue weighted by Gasteiger charge is 2.67. The molecule has 23 heavy (non-hydrogen) atoms. The quantitative estimate of drug-likeness (QED) is 0.709. The second-order valence-electron chi connectivity index (χ2n) is 8.29. The minimum absolute atomic E-state index is 0.00980. The maximum atomic E-state index is 11.6. The third-order valence-electron chi connectivity index (χ3n) is 7.27. The molecule has 2 aliphatic carbocycles. The summed E-state index contributed by atoms with van der Waals surface area (Å²) in [7, 11) is 0. The second kappa shape index (κ2) is 5.43. The van der Waals surface area contributed by atoms with Crippen molar-refractivity contribution >= 4 is 5.97 Å². The number of esters is 1. The van der Waals surface area contributed by atoms with E-state index in [1.807, 2.05) is 0 Å². The fraction of sp³-hybridized carbons (Fsp3) is 0.944. The number of carbonyl (C=O) groups is 1. The van der Waals surface area contributed by atoms with Gasteiger partial charge in [-0.25, -0.2) is 0 Å². The lowest BCUT2D eigenvalue weighted by Crippen LogP contribution is -2.77. The minimum Gasteiger partial charge on any atom is -0.462 e. The molecule has 1 spiro atoms. The van der Waals surface area contributed by atoms with Crippen LogP contribution in [0.3, 0.4) is 0 Å². The van der Waals surface area contributed by atoms with E-state index >= 15 is 0 Å². The normalized spacial score (nSPS) is 52.6. The van der Waals surface area contributed by atoms with Gasteiger partial charge in [0.25, 0.3) is 0 Å². The van der Waals surface area contributed by atoms with Crippen LogP contribution in [0.4, 0.5) is 0 Å². The molecule has 0 aromatic rings. The Hall–Kier alpha value is -0.650. The lowest BCUT2D eigenvalue weighted by molar-refractivity contribution is -0.263. The fourth-order valence-electron chi connectivity index (χ4n) is 6.72. The number of piperidine rings is 2. The van der Waals surface area contributed by atoms with Gasteiger partial charge in [0.05, 0.1) is 12.2 Å². The van der Waals surface area contributed by atoms with Gasteiger partial charge in [-0.15, -0.1) is 0 Å². The Morgan fingerprint density at radius 2 is 1.78 bits per heavy atom. The number of aliphatic hydroxyl groups excluding tert-OH is 2. The van der Waals surface area contributed by atoms with Crippen LogP contribution in [-0.2, 0) is 9.53 Å². The maximum absolute atomic E-state index is 11.6. The summed E-state index contributed by atoms with van der Waals surface area (Å²) in [4.78, 5) is 14.2. The van der Waals surface area contributed by atoms with Crippen LogP contribution >= 0.6 is 0 Å². The van der Waals surface area contributed by atoms with Gasteiger partial charge in [-0.2, -0.15) is 0 Å². The number of aliphatic hydroxyl groups is 2. The van der Waals surface area contributed by atoms with Crippen LogP contribution in [0.1, 0.15) is 46.0 Å². The molecule has 5 nitrogen and oxygen atoms in total. The zero-order valence-electron chi connectivity index (χ0n) is 14.1. The van der Waals surface area contributed by atoms with E-state index in [0.29, 0.717) is 5.92 Å². The molecule has 0 radical (unpaired) electrons. The van der Waals surface area contributed by atoms with Crippen molar-refractivity contribution < 1.29 is 19.7 Å². The summed E-state index contributed by atoms with van der Waals surface area (Å²) in [6.07, 6.45) is 3.56. The molecule has 5 heteroatoms. The molecular weight excluding hydrogens is 294 g/mol. The maximum Gasteiger partial charge on any atom is 0.302 e. The van der Waals surface area contributed by atoms with Gasteiger partial charge >= 0.3 is 5.97 Å². The molecule has 2 heterocycles. The summed E-state index contributed by atoms with van der Waals surface area (Å²) in [6, 6.07) is 0. The molecule has 2 saturated heterocycles. The third kappa shape index (κ3) is 2.06. The number of hydrogen-bond donors (Lipinski definition) is 2. The SMILES string of the molecule is CC(=O)OC1C(C)C[C@@]23[C@@H]4CCCN2CCC[C@@H]3[C@@H]1[C@H](O)[C@H]4O. The highest BCUT2D eigenvalue weighted by Crippen LogP contribution is 2.60. The molecule has 4 aliphatic rings. The highest BCUT2D eigenvalue weighted by atomic mass is 16.5. The molecule has 2 N–H and O–H groups in total. The van der Waals surface area contributed by atoms with Crippen molar-refractivity contribution in [3.8, 4) is 0 Å². The van der Waals surface area contributed by atoms with Gasteiger partial charge in [0.15, 0.2) is 0 Å². The van der Waals surface area contributed by atoms with Gasteiger partial charge in [0.2, 0.25) is 0 Å². The zero-order valence-corrected chi connectivity index (χ0v) is 14.1. The smallest absolute Gasteiger partial charge is 0.302 e. The molecule has 0 aromatic heterocycles. The fourth-order valence-corrected chi connectivity index (χ4v) is 6.72. The van der Waals surface area contributed by atoms with Gasteiger partial charge < -0.3 is 14.9 Å². The first-order chi connectivity index (χ1) is 11.0. The van der Waals surface area contributed by atoms with E-state index in [9.17, 15) is 15.0 Å². The second-order valence-corrected chi connectivity index (χ2v) is 8.29. The van der Waals surface area contributed by atoms with E-state index in [4.69, 9.17) is 4.74 Å². The van der Waals surface area contributed by atoms with Crippen LogP contribution in [0.2, 0.25) is 0 Å². The lowest BCUT2D eigenvalue weighted by Gasteiger charge is -2.69. The molecule has 4 rings (SSSR count). The molecule has 8 atom stereocenters. The first kappa shape index (κ1) is 15.9. The topological polar surface area (TPSA) is 70.0 Å². The van der Waals surface area contributed by atoms with E-state index in [1.54, 1.807) is 0 Å². The van der Waals surface area contributed by atoms with E-state index in [0.717, 1.165) is 45.2 Å². The van der Waals surface area contributed by atoms with Gasteiger partial charge in [-0.3, -0.25) is 9.69 Å². The van der Waals surface area contributed by atoms with Crippen molar-refractivity contribution in [1.82, 2.24) is 4.90 Å². The minimum atomic E-state index is -0.775. The summed E-state index contributed by atoms with van der Waals surface area (Å²) in [5.74, 6) is 0.310. The Balaban J connectivity index is 1.79. The van der Waals surface area contributed by atoms with Gasteiger partial charge in [-0.05, 0) is 57.0 Å². The summed E-state index contributed by atoms with van der Waals surface area (Å²) in [6.45, 7) is 5.80. The lowest BCUT2D eigenvalue weighted by atomic mass is 9.46. The number of ether oxygens (including phenoxy) is 1. The molecule has 2 unspecified atom stereocenters. The Bertz CT molecular complexity index is 495. The van der Waals surface area contributed by atoms with Crippen molar-refractivity contribution in [3.63, 3.8) is 0 Å². The number of hydrogen-bond acceptors (Lipinski definition) is 5. The van der Waals surface area contributed by atoms with Gasteiger partial charge in [-0.1, -0.05) is 6.92 Å². The largest absolute Gasteiger partial charge is 0.462 e. The molecule has 130 valence electrons. The molecule has 2 saturated carbocycles. The highest BCUT2D eigenvalue weighted by molar-refractivity contribution is 5.66. The Labute approximate surface area is 138 Å². The van der Waals surface area contributed by atoms with Gasteiger partial charge in [0.1, 0.15) is 6.10 Å². The average molecular weight is 323 g/mol. The monoisotopic (exact) mass is 323 g/mol. The van der Waals surface area contributed by atoms with E-state index in [-0.39, 0.29) is 35.4 Å². The predicted molar refractivity (Wildman–Crippen MR) is 84.6 cm³/mol. The van der Waals surface area contributed by atoms with Crippen LogP contribution in [0.15, 0.2) is 0 Å². The number of carbonyl (C=O) groups excluding carboxylic acids is 1. The third-order valence-corrected chi connectivity index (χ3v) is 7.27. The average Bonchev–Trinajstić information content (AvgIpc) is 2.51. The first-order valence-corrected chi connectivity index (χ1v) is 9.25. The van der Waals surface area contributed by atoms with Crippen LogP contribution in [0, 0.1) is 23.7 Å². The molecule has 2 aliphatic heterocycles. The van der Waals surface area contributed by atoms with Crippen molar-refractivity contribution in [2.75, 3.05) is 13.1 Å². The van der Waals surface area contributed by atoms with Crippen LogP contribution in [-0.4, -0.2) is 58.0 Å². The van der Waals surface area contributed by atoms with Gasteiger partial charge in [0, 0.05) is 24.3 Å². The van der Waals surface area contributed by atoms with Crippen molar-refractivity contribution in [1.29, 1.82) is 0 Å². The van der Waals surface area contributed by atoms with E-state index < -0.39 is 12.2 Å². The molecular formula is C18H29NO4. The molecule has 0 aromatic carbocycles. The van der Waals surface area contributed by atoms with E-state index in [1.165, 1.54) is 6.92 Å². The number of nitrogens with zero attached hydrogens (tertiary/aromatic N) is 1. The van der Waals surface area contributed by atoms with Crippen molar-refractivity contribution in [3.05, 3.63) is 0 Å². The zero-order chi connectivity index (χ0) is 16.4. The van der Waals surface area contributed by atoms with Crippen molar-refractivity contribution in [2.45, 2.75) is 69.8 Å². The Kier molecular flexibility index (Phi) is 3.74. The van der Waals surface area contributed by atoms with Crippen LogP contribution in [0.25, 0.3) is 0 Å². The number of rotatable bonds is 1. The summed E-state index contributed by atoms with van der Waals surface area (Å²) < 4.78 is 5.65. The van der Waals surface area contributed by atoms with E-state index in [2.05, 4.69) is 11.8 Å². The Morgan fingerprint density at radius 1 is 1.13 bits per heavy atom. The summed E-state index contributed by atoms with van der Waals surface area (Å²) in [5, 5.41) is 21.7. The Morgan fingerprint density at radius 3 is 2.43 bits per heavy atom. The standard InChI is InChI=1S/C18H29NO4/c1-10-9-18-12-5-3-7-19(18)8-4-6-13(18)15(21)16(22)14(12)17(10)23-11(2)20/h10,12-17,21-22H,3-9H2,1-2H3/t10?,12-,13-,14-,15+,16+,17?,18-/m1/s1. The molecule has 2 bridgehead atoms. The molecule has 0 amide bonds. The van der Waals surface area contributed by atoms with Crippen LogP contribution < -0.4 is 0 Å². The predicted octanol–water partition coefficient (Wildman–Crippen LogP) is 1.17. The first-order valence-electron chi connectivity index (χ1n) is 9.25. The van der Waals surface area contributed by atoms with Crippen molar-refractivity contribution in [2.24, 2.45) is 23.7 Å². The summed E-state index contributed by atoms with van der Waals surface area (Å²) in [5.41, 5.74) is 0.00980.